The lowest BCUT2D eigenvalue weighted by molar-refractivity contribution is 1.09. The molecule has 19 heavy (non-hydrogen) atoms. The third-order valence-electron chi connectivity index (χ3n) is 2.84. The fraction of sp³-hybridized carbons (Fsp3) is 0.0769. The Balaban J connectivity index is 2.27. The van der Waals surface area contributed by atoms with Crippen LogP contribution >= 0.6 is 22.9 Å². The zero-order valence-corrected chi connectivity index (χ0v) is 11.7. The van der Waals surface area contributed by atoms with Crippen LogP contribution in [0.15, 0.2) is 29.6 Å². The maximum Gasteiger partial charge on any atom is 0.153 e. The first kappa shape index (κ1) is 12.3. The first-order valence-electron chi connectivity index (χ1n) is 5.67. The molecule has 3 aromatic rings. The van der Waals surface area contributed by atoms with Crippen molar-refractivity contribution >= 4 is 39.0 Å². The lowest BCUT2D eigenvalue weighted by Crippen LogP contribution is -2.10. The quantitative estimate of drug-likeness (QED) is 0.559. The van der Waals surface area contributed by atoms with E-state index in [-0.39, 0.29) is 0 Å². The molecule has 2 heterocycles. The predicted molar refractivity (Wildman–Crippen MR) is 80.4 cm³/mol. The summed E-state index contributed by atoms with van der Waals surface area (Å²) in [5.74, 6) is 6.90. The van der Waals surface area contributed by atoms with E-state index in [2.05, 4.69) is 20.8 Å². The fourth-order valence-corrected chi connectivity index (χ4v) is 3.11. The summed E-state index contributed by atoms with van der Waals surface area (Å²) < 4.78 is 0. The molecule has 2 aromatic heterocycles. The van der Waals surface area contributed by atoms with E-state index in [4.69, 9.17) is 17.4 Å². The molecular formula is C13H11ClN4S. The molecule has 6 heteroatoms. The molecular weight excluding hydrogens is 280 g/mol. The number of nitrogen functional groups attached to an aromatic ring is 1. The van der Waals surface area contributed by atoms with E-state index in [1.54, 1.807) is 11.3 Å². The number of nitrogens with two attached hydrogens (primary N) is 1. The topological polar surface area (TPSA) is 63.8 Å². The van der Waals surface area contributed by atoms with Crippen molar-refractivity contribution in [3.8, 4) is 11.1 Å². The number of anilines is 1. The van der Waals surface area contributed by atoms with Gasteiger partial charge in [0.1, 0.15) is 10.7 Å². The second-order valence-electron chi connectivity index (χ2n) is 4.10. The highest BCUT2D eigenvalue weighted by Gasteiger charge is 2.13. The third-order valence-corrected chi connectivity index (χ3v) is 3.96. The number of aromatic nitrogens is 2. The van der Waals surface area contributed by atoms with Crippen LogP contribution in [0.25, 0.3) is 21.3 Å². The zero-order chi connectivity index (χ0) is 13.4. The average molecular weight is 291 g/mol. The Labute approximate surface area is 119 Å². The molecule has 4 nitrogen and oxygen atoms in total. The summed E-state index contributed by atoms with van der Waals surface area (Å²) in [6.07, 6.45) is 0. The molecule has 0 fully saturated rings. The molecule has 0 amide bonds. The highest BCUT2D eigenvalue weighted by Crippen LogP contribution is 2.36. The number of hydrogen-bond acceptors (Lipinski definition) is 5. The number of fused-ring (bicyclic) bond motifs is 1. The van der Waals surface area contributed by atoms with E-state index in [0.29, 0.717) is 16.7 Å². The number of nitrogens with one attached hydrogen (secondary N) is 1. The van der Waals surface area contributed by atoms with E-state index < -0.39 is 0 Å². The van der Waals surface area contributed by atoms with Crippen LogP contribution in [0.5, 0.6) is 0 Å². The fourth-order valence-electron chi connectivity index (χ4n) is 1.99. The second kappa shape index (κ2) is 4.77. The van der Waals surface area contributed by atoms with Gasteiger partial charge < -0.3 is 5.43 Å². The second-order valence-corrected chi connectivity index (χ2v) is 5.39. The van der Waals surface area contributed by atoms with Crippen LogP contribution in [0.2, 0.25) is 5.02 Å². The molecule has 0 saturated carbocycles. The van der Waals surface area contributed by atoms with Crippen LogP contribution in [0.1, 0.15) is 5.82 Å². The lowest BCUT2D eigenvalue weighted by Gasteiger charge is -2.05. The van der Waals surface area contributed by atoms with Gasteiger partial charge >= 0.3 is 0 Å². The van der Waals surface area contributed by atoms with E-state index in [0.717, 1.165) is 21.3 Å². The molecule has 0 radical (unpaired) electrons. The summed E-state index contributed by atoms with van der Waals surface area (Å²) in [5, 5.41) is 3.72. The number of halogens is 1. The van der Waals surface area contributed by atoms with Gasteiger partial charge in [0.2, 0.25) is 0 Å². The third kappa shape index (κ3) is 2.16. The van der Waals surface area contributed by atoms with E-state index in [1.807, 2.05) is 31.2 Å². The predicted octanol–water partition coefficient (Wildman–Crippen LogP) is 3.61. The largest absolute Gasteiger partial charge is 0.308 e. The Bertz CT molecular complexity index is 736. The highest BCUT2D eigenvalue weighted by atomic mass is 35.5. The summed E-state index contributed by atoms with van der Waals surface area (Å²) in [4.78, 5) is 9.68. The maximum absolute atomic E-state index is 5.92. The number of aryl methyl sites for hydroxylation is 1. The van der Waals surface area contributed by atoms with E-state index in [9.17, 15) is 0 Å². The Morgan fingerprint density at radius 3 is 2.63 bits per heavy atom. The molecule has 0 aliphatic heterocycles. The molecule has 3 rings (SSSR count). The van der Waals surface area contributed by atoms with Crippen molar-refractivity contribution < 1.29 is 0 Å². The minimum absolute atomic E-state index is 0.647. The van der Waals surface area contributed by atoms with Crippen molar-refractivity contribution in [3.05, 3.63) is 40.5 Å². The van der Waals surface area contributed by atoms with Crippen molar-refractivity contribution in [1.82, 2.24) is 9.97 Å². The molecule has 1 aromatic carbocycles. The van der Waals surface area contributed by atoms with Crippen molar-refractivity contribution in [1.29, 1.82) is 0 Å². The van der Waals surface area contributed by atoms with Gasteiger partial charge in [0.25, 0.3) is 0 Å². The minimum Gasteiger partial charge on any atom is -0.308 e. The van der Waals surface area contributed by atoms with E-state index in [1.165, 1.54) is 0 Å². The van der Waals surface area contributed by atoms with Crippen LogP contribution in [0.3, 0.4) is 0 Å². The highest BCUT2D eigenvalue weighted by molar-refractivity contribution is 7.17. The minimum atomic E-state index is 0.647. The molecule has 0 aliphatic carbocycles. The van der Waals surface area contributed by atoms with Gasteiger partial charge in [-0.25, -0.2) is 15.8 Å². The van der Waals surface area contributed by atoms with Crippen molar-refractivity contribution in [2.75, 3.05) is 5.43 Å². The Hall–Kier alpha value is -1.69. The lowest BCUT2D eigenvalue weighted by atomic mass is 10.1. The van der Waals surface area contributed by atoms with Crippen LogP contribution in [-0.4, -0.2) is 9.97 Å². The van der Waals surface area contributed by atoms with Gasteiger partial charge in [-0.1, -0.05) is 23.7 Å². The van der Waals surface area contributed by atoms with Crippen molar-refractivity contribution in [3.63, 3.8) is 0 Å². The Kier molecular flexibility index (Phi) is 3.10. The van der Waals surface area contributed by atoms with Crippen LogP contribution < -0.4 is 11.3 Å². The molecule has 0 spiro atoms. The molecule has 96 valence electrons. The number of benzene rings is 1. The van der Waals surface area contributed by atoms with Gasteiger partial charge in [-0.3, -0.25) is 0 Å². The Morgan fingerprint density at radius 2 is 1.95 bits per heavy atom. The summed E-state index contributed by atoms with van der Waals surface area (Å²) in [5.41, 5.74) is 4.78. The average Bonchev–Trinajstić information content (AvgIpc) is 2.82. The van der Waals surface area contributed by atoms with Gasteiger partial charge in [0, 0.05) is 16.0 Å². The summed E-state index contributed by atoms with van der Waals surface area (Å²) in [7, 11) is 0. The molecule has 3 N–H and O–H groups in total. The monoisotopic (exact) mass is 290 g/mol. The summed E-state index contributed by atoms with van der Waals surface area (Å²) >= 11 is 7.49. The van der Waals surface area contributed by atoms with Gasteiger partial charge in [0.05, 0.1) is 5.39 Å². The van der Waals surface area contributed by atoms with Gasteiger partial charge in [-0.2, -0.15) is 0 Å². The standard InChI is InChI=1S/C13H11ClN4S/c1-7-16-12(18-15)11-10(6-19-13(11)17-7)8-2-4-9(14)5-3-8/h2-6H,15H2,1H3,(H,16,17,18). The van der Waals surface area contributed by atoms with Gasteiger partial charge in [-0.15, -0.1) is 11.3 Å². The van der Waals surface area contributed by atoms with Crippen LogP contribution in [-0.2, 0) is 0 Å². The summed E-state index contributed by atoms with van der Waals surface area (Å²) in [6.45, 7) is 1.85. The summed E-state index contributed by atoms with van der Waals surface area (Å²) in [6, 6.07) is 7.68. The van der Waals surface area contributed by atoms with Gasteiger partial charge in [0.15, 0.2) is 5.82 Å². The van der Waals surface area contributed by atoms with Crippen molar-refractivity contribution in [2.24, 2.45) is 5.84 Å². The first-order chi connectivity index (χ1) is 9.19. The van der Waals surface area contributed by atoms with Gasteiger partial charge in [-0.05, 0) is 24.6 Å². The molecule has 0 saturated heterocycles. The number of rotatable bonds is 2. The number of thiophene rings is 1. The number of hydrogen-bond donors (Lipinski definition) is 2. The van der Waals surface area contributed by atoms with Crippen molar-refractivity contribution in [2.45, 2.75) is 6.92 Å². The number of nitrogens with zero attached hydrogens (tertiary/aromatic N) is 2. The molecule has 0 atom stereocenters. The normalized spacial score (nSPS) is 10.9. The van der Waals surface area contributed by atoms with E-state index >= 15 is 0 Å². The van der Waals surface area contributed by atoms with Crippen LogP contribution in [0, 0.1) is 6.92 Å². The van der Waals surface area contributed by atoms with Crippen LogP contribution in [0.4, 0.5) is 5.82 Å². The maximum atomic E-state index is 5.92. The Morgan fingerprint density at radius 1 is 1.21 bits per heavy atom. The molecule has 0 aliphatic rings. The zero-order valence-electron chi connectivity index (χ0n) is 10.1. The molecule has 0 bridgehead atoms. The first-order valence-corrected chi connectivity index (χ1v) is 6.93. The SMILES string of the molecule is Cc1nc(NN)c2c(-c3ccc(Cl)cc3)csc2n1. The molecule has 0 unspecified atom stereocenters. The number of hydrazine groups is 1. The smallest absolute Gasteiger partial charge is 0.153 e.